The number of methoxy groups -OCH3 is 1. The normalized spacial score (nSPS) is 17.9. The number of ether oxygens (including phenoxy) is 2. The Hall–Kier alpha value is -2.26. The van der Waals surface area contributed by atoms with Gasteiger partial charge < -0.3 is 14.8 Å². The maximum absolute atomic E-state index is 11.1. The van der Waals surface area contributed by atoms with Crippen molar-refractivity contribution in [3.8, 4) is 11.8 Å². The zero-order chi connectivity index (χ0) is 17.6. The molecule has 1 saturated heterocycles. The van der Waals surface area contributed by atoms with Crippen LogP contribution in [-0.2, 0) is 11.3 Å². The summed E-state index contributed by atoms with van der Waals surface area (Å²) in [5.74, 6) is 0.921. The molecule has 1 N–H and O–H groups in total. The highest BCUT2D eigenvalue weighted by Crippen LogP contribution is 2.23. The van der Waals surface area contributed by atoms with Crippen LogP contribution in [-0.4, -0.2) is 52.1 Å². The Morgan fingerprint density at radius 2 is 2.24 bits per heavy atom. The fraction of sp³-hybridized carbons (Fsp3) is 0.500. The minimum atomic E-state index is -0.104. The molecule has 134 valence electrons. The molecule has 0 saturated carbocycles. The molecule has 1 aliphatic rings. The molecule has 0 aliphatic carbocycles. The molecule has 0 bridgehead atoms. The Morgan fingerprint density at radius 1 is 1.40 bits per heavy atom. The van der Waals surface area contributed by atoms with E-state index in [4.69, 9.17) is 9.47 Å². The van der Waals surface area contributed by atoms with Gasteiger partial charge in [-0.15, -0.1) is 11.3 Å². The van der Waals surface area contributed by atoms with Crippen LogP contribution in [0.15, 0.2) is 18.6 Å². The van der Waals surface area contributed by atoms with Crippen molar-refractivity contribution < 1.29 is 14.3 Å². The van der Waals surface area contributed by atoms with Gasteiger partial charge in [0, 0.05) is 31.1 Å². The number of thiazole rings is 1. The van der Waals surface area contributed by atoms with E-state index in [0.717, 1.165) is 37.4 Å². The number of rotatable bonds is 6. The van der Waals surface area contributed by atoms with Crippen molar-refractivity contribution in [2.45, 2.75) is 32.4 Å². The van der Waals surface area contributed by atoms with Crippen LogP contribution >= 0.6 is 11.3 Å². The predicted molar refractivity (Wildman–Crippen MR) is 93.9 cm³/mol. The predicted octanol–water partition coefficient (Wildman–Crippen LogP) is 1.94. The third-order valence-electron chi connectivity index (χ3n) is 3.79. The van der Waals surface area contributed by atoms with Gasteiger partial charge in [-0.1, -0.05) is 0 Å². The van der Waals surface area contributed by atoms with E-state index in [9.17, 15) is 4.79 Å². The second kappa shape index (κ2) is 8.21. The van der Waals surface area contributed by atoms with Gasteiger partial charge >= 0.3 is 0 Å². The van der Waals surface area contributed by atoms with Crippen molar-refractivity contribution in [3.63, 3.8) is 0 Å². The molecule has 9 heteroatoms. The Morgan fingerprint density at radius 3 is 3.04 bits per heavy atom. The number of nitrogens with one attached hydrogen (secondary N) is 1. The van der Waals surface area contributed by atoms with Crippen molar-refractivity contribution in [1.29, 1.82) is 0 Å². The summed E-state index contributed by atoms with van der Waals surface area (Å²) in [4.78, 5) is 26.9. The van der Waals surface area contributed by atoms with Crippen molar-refractivity contribution in [1.82, 2.24) is 19.9 Å². The summed E-state index contributed by atoms with van der Waals surface area (Å²) < 4.78 is 11.1. The average molecular weight is 363 g/mol. The molecule has 0 unspecified atom stereocenters. The number of hydrogen-bond acceptors (Lipinski definition) is 8. The van der Waals surface area contributed by atoms with Gasteiger partial charge in [0.2, 0.25) is 17.7 Å². The number of carbonyl (C=O) groups is 1. The summed E-state index contributed by atoms with van der Waals surface area (Å²) in [5, 5.41) is 3.35. The van der Waals surface area contributed by atoms with Crippen LogP contribution in [0.2, 0.25) is 0 Å². The van der Waals surface area contributed by atoms with E-state index in [2.05, 4.69) is 25.2 Å². The maximum atomic E-state index is 11.1. The van der Waals surface area contributed by atoms with Crippen molar-refractivity contribution in [2.24, 2.45) is 0 Å². The van der Waals surface area contributed by atoms with E-state index in [1.807, 2.05) is 6.20 Å². The molecular formula is C16H21N5O3S. The third-order valence-corrected chi connectivity index (χ3v) is 4.69. The summed E-state index contributed by atoms with van der Waals surface area (Å²) in [5.41, 5.74) is 0. The van der Waals surface area contributed by atoms with Crippen LogP contribution in [0.1, 0.15) is 24.6 Å². The first-order valence-corrected chi connectivity index (χ1v) is 8.91. The van der Waals surface area contributed by atoms with Gasteiger partial charge in [0.1, 0.15) is 12.4 Å². The van der Waals surface area contributed by atoms with Gasteiger partial charge in [0.15, 0.2) is 5.13 Å². The lowest BCUT2D eigenvalue weighted by molar-refractivity contribution is -0.114. The number of amides is 1. The maximum Gasteiger partial charge on any atom is 0.223 e. The second-order valence-electron chi connectivity index (χ2n) is 5.83. The van der Waals surface area contributed by atoms with Crippen LogP contribution in [0.5, 0.6) is 11.8 Å². The van der Waals surface area contributed by atoms with Crippen molar-refractivity contribution >= 4 is 22.4 Å². The Kier molecular flexibility index (Phi) is 5.77. The van der Waals surface area contributed by atoms with Gasteiger partial charge in [-0.05, 0) is 19.4 Å². The van der Waals surface area contributed by atoms with Crippen LogP contribution in [0, 0.1) is 0 Å². The topological polar surface area (TPSA) is 89.5 Å². The fourth-order valence-corrected chi connectivity index (χ4v) is 3.63. The number of likely N-dealkylation sites (tertiary alicyclic amines) is 1. The zero-order valence-corrected chi connectivity index (χ0v) is 15.1. The van der Waals surface area contributed by atoms with Gasteiger partial charge in [0.05, 0.1) is 13.2 Å². The summed E-state index contributed by atoms with van der Waals surface area (Å²) in [7, 11) is 1.57. The Labute approximate surface area is 150 Å². The van der Waals surface area contributed by atoms with Crippen molar-refractivity contribution in [3.05, 3.63) is 23.5 Å². The van der Waals surface area contributed by atoms with Crippen LogP contribution in [0.3, 0.4) is 0 Å². The smallest absolute Gasteiger partial charge is 0.223 e. The van der Waals surface area contributed by atoms with E-state index in [0.29, 0.717) is 16.9 Å². The molecule has 0 radical (unpaired) electrons. The van der Waals surface area contributed by atoms with Crippen molar-refractivity contribution in [2.75, 3.05) is 25.5 Å². The molecule has 0 aromatic carbocycles. The van der Waals surface area contributed by atoms with E-state index < -0.39 is 0 Å². The monoisotopic (exact) mass is 363 g/mol. The van der Waals surface area contributed by atoms with Crippen LogP contribution in [0.4, 0.5) is 5.13 Å². The van der Waals surface area contributed by atoms with Gasteiger partial charge in [-0.25, -0.2) is 15.0 Å². The van der Waals surface area contributed by atoms with Gasteiger partial charge in [-0.2, -0.15) is 0 Å². The molecule has 8 nitrogen and oxygen atoms in total. The average Bonchev–Trinajstić information content (AvgIpc) is 3.01. The Balaban J connectivity index is 1.55. The van der Waals surface area contributed by atoms with E-state index in [-0.39, 0.29) is 12.0 Å². The zero-order valence-electron chi connectivity index (χ0n) is 14.3. The molecule has 25 heavy (non-hydrogen) atoms. The SMILES string of the molecule is COc1cc(O[C@@H]2CCCN(Cc3cnc(NC(C)=O)s3)C2)ncn1. The van der Waals surface area contributed by atoms with E-state index in [1.165, 1.54) is 24.6 Å². The molecule has 1 amide bonds. The number of anilines is 1. The summed E-state index contributed by atoms with van der Waals surface area (Å²) >= 11 is 1.50. The second-order valence-corrected chi connectivity index (χ2v) is 6.94. The first kappa shape index (κ1) is 17.6. The number of aromatic nitrogens is 3. The highest BCUT2D eigenvalue weighted by molar-refractivity contribution is 7.15. The van der Waals surface area contributed by atoms with E-state index >= 15 is 0 Å². The molecule has 3 heterocycles. The highest BCUT2D eigenvalue weighted by atomic mass is 32.1. The number of hydrogen-bond donors (Lipinski definition) is 1. The van der Waals surface area contributed by atoms with Crippen LogP contribution < -0.4 is 14.8 Å². The number of piperidine rings is 1. The molecule has 2 aromatic heterocycles. The lowest BCUT2D eigenvalue weighted by atomic mass is 10.1. The Bertz CT molecular complexity index is 723. The standard InChI is InChI=1S/C16H21N5O3S/c1-11(22)20-16-17-7-13(25-16)9-21-5-3-4-12(8-21)24-15-6-14(23-2)18-10-19-15/h6-7,10,12H,3-5,8-9H2,1-2H3,(H,17,20,22)/t12-/m1/s1. The molecule has 1 aliphatic heterocycles. The summed E-state index contributed by atoms with van der Waals surface area (Å²) in [6.07, 6.45) is 5.38. The fourth-order valence-electron chi connectivity index (χ4n) is 2.73. The number of carbonyl (C=O) groups excluding carboxylic acids is 1. The highest BCUT2D eigenvalue weighted by Gasteiger charge is 2.22. The first-order chi connectivity index (χ1) is 12.1. The molecule has 1 atom stereocenters. The third kappa shape index (κ3) is 5.10. The van der Waals surface area contributed by atoms with E-state index in [1.54, 1.807) is 13.2 Å². The lowest BCUT2D eigenvalue weighted by Gasteiger charge is -2.32. The minimum Gasteiger partial charge on any atom is -0.481 e. The quantitative estimate of drug-likeness (QED) is 0.839. The minimum absolute atomic E-state index is 0.0797. The lowest BCUT2D eigenvalue weighted by Crippen LogP contribution is -2.40. The largest absolute Gasteiger partial charge is 0.481 e. The van der Waals surface area contributed by atoms with Gasteiger partial charge in [0.25, 0.3) is 0 Å². The van der Waals surface area contributed by atoms with Gasteiger partial charge in [-0.3, -0.25) is 9.69 Å². The summed E-state index contributed by atoms with van der Waals surface area (Å²) in [6.45, 7) is 4.11. The molecule has 2 aromatic rings. The molecule has 3 rings (SSSR count). The first-order valence-electron chi connectivity index (χ1n) is 8.09. The molecular weight excluding hydrogens is 342 g/mol. The number of nitrogens with zero attached hydrogens (tertiary/aromatic N) is 4. The molecule has 0 spiro atoms. The summed E-state index contributed by atoms with van der Waals surface area (Å²) in [6, 6.07) is 1.70. The van der Waals surface area contributed by atoms with Crippen LogP contribution in [0.25, 0.3) is 0 Å². The molecule has 1 fully saturated rings.